The molecule has 1 N–H and O–H groups in total. The largest absolute Gasteiger partial charge is 0.345 e. The van der Waals surface area contributed by atoms with Crippen molar-refractivity contribution in [1.29, 1.82) is 0 Å². The topological polar surface area (TPSA) is 17.0 Å². The molecule has 0 spiro atoms. The quantitative estimate of drug-likeness (QED) is 0.777. The Labute approximate surface area is 81.1 Å². The van der Waals surface area contributed by atoms with Gasteiger partial charge < -0.3 is 9.88 Å². The van der Waals surface area contributed by atoms with Gasteiger partial charge in [0.2, 0.25) is 0 Å². The summed E-state index contributed by atoms with van der Waals surface area (Å²) in [6.07, 6.45) is 3.48. The van der Waals surface area contributed by atoms with E-state index in [4.69, 9.17) is 0 Å². The first-order valence-corrected chi connectivity index (χ1v) is 5.09. The number of aromatic nitrogens is 1. The lowest BCUT2D eigenvalue weighted by atomic mass is 10.0. The monoisotopic (exact) mass is 228 g/mol. The number of hydrogen-bond acceptors (Lipinski definition) is 1. The Hall–Kier alpha value is -0.280. The summed E-state index contributed by atoms with van der Waals surface area (Å²) in [6.45, 7) is 2.30. The number of halogens is 1. The molecule has 1 aliphatic heterocycles. The first kappa shape index (κ1) is 8.32. The molecule has 2 heterocycles. The van der Waals surface area contributed by atoms with Gasteiger partial charge in [-0.2, -0.15) is 0 Å². The maximum Gasteiger partial charge on any atom is 0.0846 e. The second kappa shape index (κ2) is 3.23. The van der Waals surface area contributed by atoms with Crippen LogP contribution in [0, 0.1) is 0 Å². The van der Waals surface area contributed by atoms with Crippen molar-refractivity contribution in [1.82, 2.24) is 9.88 Å². The molecular weight excluding hydrogens is 216 g/mol. The fourth-order valence-electron chi connectivity index (χ4n) is 1.72. The molecule has 1 aliphatic rings. The molecule has 2 rings (SSSR count). The van der Waals surface area contributed by atoms with Crippen molar-refractivity contribution in [3.63, 3.8) is 0 Å². The third-order valence-electron chi connectivity index (χ3n) is 2.50. The highest BCUT2D eigenvalue weighted by molar-refractivity contribution is 9.10. The normalized spacial score (nSPS) is 23.3. The molecule has 0 saturated carbocycles. The van der Waals surface area contributed by atoms with Gasteiger partial charge >= 0.3 is 0 Å². The van der Waals surface area contributed by atoms with Crippen LogP contribution in [0.25, 0.3) is 0 Å². The second-order valence-corrected chi connectivity index (χ2v) is 4.21. The van der Waals surface area contributed by atoms with E-state index in [1.165, 1.54) is 16.6 Å². The van der Waals surface area contributed by atoms with Gasteiger partial charge in [0.05, 0.1) is 4.60 Å². The van der Waals surface area contributed by atoms with Crippen molar-refractivity contribution in [2.24, 2.45) is 7.05 Å². The van der Waals surface area contributed by atoms with E-state index < -0.39 is 0 Å². The highest BCUT2D eigenvalue weighted by Crippen LogP contribution is 2.25. The zero-order valence-electron chi connectivity index (χ0n) is 7.18. The van der Waals surface area contributed by atoms with Gasteiger partial charge in [-0.25, -0.2) is 0 Å². The van der Waals surface area contributed by atoms with Crippen LogP contribution in [-0.4, -0.2) is 17.7 Å². The Morgan fingerprint density at radius 1 is 1.67 bits per heavy atom. The van der Waals surface area contributed by atoms with Crippen molar-refractivity contribution in [2.75, 3.05) is 13.1 Å². The molecular formula is C9H13BrN2. The Morgan fingerprint density at radius 3 is 3.00 bits per heavy atom. The van der Waals surface area contributed by atoms with Gasteiger partial charge in [-0.3, -0.25) is 0 Å². The summed E-state index contributed by atoms with van der Waals surface area (Å²) in [6, 6.07) is 2.22. The molecule has 1 unspecified atom stereocenters. The molecule has 0 radical (unpaired) electrons. The van der Waals surface area contributed by atoms with E-state index in [2.05, 4.69) is 45.1 Å². The molecule has 1 atom stereocenters. The van der Waals surface area contributed by atoms with Crippen LogP contribution < -0.4 is 5.32 Å². The zero-order chi connectivity index (χ0) is 8.55. The first-order chi connectivity index (χ1) is 5.77. The van der Waals surface area contributed by atoms with E-state index >= 15 is 0 Å². The zero-order valence-corrected chi connectivity index (χ0v) is 8.76. The van der Waals surface area contributed by atoms with Gasteiger partial charge in [-0.05, 0) is 46.4 Å². The third-order valence-corrected chi connectivity index (χ3v) is 3.29. The number of aryl methyl sites for hydroxylation is 1. The first-order valence-electron chi connectivity index (χ1n) is 4.30. The Kier molecular flexibility index (Phi) is 2.24. The van der Waals surface area contributed by atoms with E-state index in [0.717, 1.165) is 19.0 Å². The molecule has 12 heavy (non-hydrogen) atoms. The summed E-state index contributed by atoms with van der Waals surface area (Å²) in [5.41, 5.74) is 1.45. The van der Waals surface area contributed by atoms with Gasteiger partial charge in [-0.15, -0.1) is 0 Å². The summed E-state index contributed by atoms with van der Waals surface area (Å²) in [5.74, 6) is 0.725. The van der Waals surface area contributed by atoms with Gasteiger partial charge in [0.25, 0.3) is 0 Å². The standard InChI is InChI=1S/C9H13BrN2/c1-12-6-8(4-9(12)10)7-2-3-11-5-7/h4,6-7,11H,2-3,5H2,1H3. The molecule has 2 nitrogen and oxygen atoms in total. The maximum atomic E-state index is 3.51. The van der Waals surface area contributed by atoms with Crippen LogP contribution in [0.15, 0.2) is 16.9 Å². The smallest absolute Gasteiger partial charge is 0.0846 e. The number of nitrogens with zero attached hydrogens (tertiary/aromatic N) is 1. The van der Waals surface area contributed by atoms with Crippen LogP contribution >= 0.6 is 15.9 Å². The van der Waals surface area contributed by atoms with E-state index in [9.17, 15) is 0 Å². The Bertz CT molecular complexity index is 255. The summed E-state index contributed by atoms with van der Waals surface area (Å²) < 4.78 is 3.29. The number of nitrogens with one attached hydrogen (secondary N) is 1. The molecule has 1 aromatic heterocycles. The van der Waals surface area contributed by atoms with Gasteiger partial charge in [0.1, 0.15) is 0 Å². The van der Waals surface area contributed by atoms with Gasteiger partial charge in [-0.1, -0.05) is 0 Å². The summed E-state index contributed by atoms with van der Waals surface area (Å²) in [7, 11) is 2.07. The Balaban J connectivity index is 2.21. The molecule has 66 valence electrons. The Morgan fingerprint density at radius 2 is 2.50 bits per heavy atom. The molecule has 1 saturated heterocycles. The van der Waals surface area contributed by atoms with E-state index in [1.54, 1.807) is 0 Å². The van der Waals surface area contributed by atoms with Gasteiger partial charge in [0, 0.05) is 19.8 Å². The maximum absolute atomic E-state index is 3.51. The lowest BCUT2D eigenvalue weighted by Gasteiger charge is -2.03. The number of rotatable bonds is 1. The van der Waals surface area contributed by atoms with Crippen LogP contribution in [0.1, 0.15) is 17.9 Å². The molecule has 1 aromatic rings. The fourth-order valence-corrected chi connectivity index (χ4v) is 2.09. The second-order valence-electron chi connectivity index (χ2n) is 3.40. The van der Waals surface area contributed by atoms with Crippen LogP contribution in [0.2, 0.25) is 0 Å². The van der Waals surface area contributed by atoms with Crippen molar-refractivity contribution < 1.29 is 0 Å². The van der Waals surface area contributed by atoms with E-state index in [1.807, 2.05) is 0 Å². The van der Waals surface area contributed by atoms with Crippen molar-refractivity contribution in [3.8, 4) is 0 Å². The summed E-state index contributed by atoms with van der Waals surface area (Å²) in [4.78, 5) is 0. The molecule has 1 fully saturated rings. The predicted octanol–water partition coefficient (Wildman–Crippen LogP) is 1.86. The van der Waals surface area contributed by atoms with Crippen LogP contribution in [0.4, 0.5) is 0 Å². The number of hydrogen-bond donors (Lipinski definition) is 1. The lowest BCUT2D eigenvalue weighted by molar-refractivity contribution is 0.759. The van der Waals surface area contributed by atoms with E-state index in [-0.39, 0.29) is 0 Å². The lowest BCUT2D eigenvalue weighted by Crippen LogP contribution is -2.07. The van der Waals surface area contributed by atoms with Crippen molar-refractivity contribution in [3.05, 3.63) is 22.4 Å². The minimum atomic E-state index is 0.725. The highest BCUT2D eigenvalue weighted by Gasteiger charge is 2.17. The van der Waals surface area contributed by atoms with Crippen LogP contribution in [-0.2, 0) is 7.05 Å². The minimum Gasteiger partial charge on any atom is -0.345 e. The van der Waals surface area contributed by atoms with Crippen LogP contribution in [0.5, 0.6) is 0 Å². The molecule has 0 amide bonds. The molecule has 0 bridgehead atoms. The molecule has 0 aliphatic carbocycles. The minimum absolute atomic E-state index is 0.725. The third kappa shape index (κ3) is 1.43. The average Bonchev–Trinajstić information content (AvgIpc) is 2.61. The van der Waals surface area contributed by atoms with E-state index in [0.29, 0.717) is 0 Å². The fraction of sp³-hybridized carbons (Fsp3) is 0.556. The van der Waals surface area contributed by atoms with Gasteiger partial charge in [0.15, 0.2) is 0 Å². The predicted molar refractivity (Wildman–Crippen MR) is 53.3 cm³/mol. The van der Waals surface area contributed by atoms with Crippen molar-refractivity contribution >= 4 is 15.9 Å². The summed E-state index contributed by atoms with van der Waals surface area (Å²) in [5, 5.41) is 3.37. The highest BCUT2D eigenvalue weighted by atomic mass is 79.9. The molecule has 3 heteroatoms. The van der Waals surface area contributed by atoms with Crippen LogP contribution in [0.3, 0.4) is 0 Å². The van der Waals surface area contributed by atoms with Crippen molar-refractivity contribution in [2.45, 2.75) is 12.3 Å². The average molecular weight is 229 g/mol. The molecule has 0 aromatic carbocycles. The SMILES string of the molecule is Cn1cc(C2CCNC2)cc1Br. The summed E-state index contributed by atoms with van der Waals surface area (Å²) >= 11 is 3.51.